The Morgan fingerprint density at radius 3 is 2.31 bits per heavy atom. The molecule has 3 aromatic carbocycles. The number of nitrogens with zero attached hydrogens (tertiary/aromatic N) is 4. The largest absolute Gasteiger partial charge is 0.495 e. The van der Waals surface area contributed by atoms with Crippen molar-refractivity contribution in [3.63, 3.8) is 0 Å². The number of hydrogen-bond acceptors (Lipinski definition) is 9. The number of fused-ring (bicyclic) bond motifs is 1. The van der Waals surface area contributed by atoms with E-state index in [1.807, 2.05) is 74.2 Å². The summed E-state index contributed by atoms with van der Waals surface area (Å²) in [6, 6.07) is 21.4. The molecule has 0 radical (unpaired) electrons. The summed E-state index contributed by atoms with van der Waals surface area (Å²) in [4.78, 5) is 54.2. The topological polar surface area (TPSA) is 176 Å². The number of urea groups is 1. The van der Waals surface area contributed by atoms with Gasteiger partial charge in [0, 0.05) is 30.2 Å². The van der Waals surface area contributed by atoms with E-state index in [0.717, 1.165) is 51.3 Å². The minimum atomic E-state index is -4.61. The number of amides is 4. The lowest BCUT2D eigenvalue weighted by Gasteiger charge is -2.37. The third-order valence-electron chi connectivity index (χ3n) is 10.5. The van der Waals surface area contributed by atoms with Crippen molar-refractivity contribution in [1.82, 2.24) is 30.1 Å². The fourth-order valence-electron chi connectivity index (χ4n) is 7.85. The molecule has 15 heteroatoms. The Kier molecular flexibility index (Phi) is 10.9. The first-order chi connectivity index (χ1) is 27.9. The quantitative estimate of drug-likeness (QED) is 0.140. The number of nitrogens with one attached hydrogen (secondary N) is 3. The first-order valence-corrected chi connectivity index (χ1v) is 21.2. The zero-order chi connectivity index (χ0) is 42.3. The van der Waals surface area contributed by atoms with Crippen molar-refractivity contribution in [3.8, 4) is 28.1 Å². The van der Waals surface area contributed by atoms with Crippen LogP contribution in [-0.2, 0) is 19.4 Å². The van der Waals surface area contributed by atoms with Crippen LogP contribution in [0.1, 0.15) is 79.1 Å². The Balaban J connectivity index is 1.15. The van der Waals surface area contributed by atoms with E-state index in [-0.39, 0.29) is 53.5 Å². The highest BCUT2D eigenvalue weighted by molar-refractivity contribution is 7.93. The van der Waals surface area contributed by atoms with Crippen LogP contribution < -0.4 is 15.4 Å². The molecule has 0 spiro atoms. The van der Waals surface area contributed by atoms with Gasteiger partial charge in [-0.2, -0.15) is 0 Å². The fraction of sp³-hybridized carbons (Fsp3) is 0.386. The van der Waals surface area contributed by atoms with Gasteiger partial charge in [-0.15, -0.1) is 0 Å². The number of ether oxygens (including phenoxy) is 2. The van der Waals surface area contributed by atoms with Crippen molar-refractivity contribution in [1.29, 1.82) is 0 Å². The lowest BCUT2D eigenvalue weighted by Crippen LogP contribution is -2.61. The van der Waals surface area contributed by atoms with E-state index in [9.17, 15) is 22.8 Å². The van der Waals surface area contributed by atoms with Crippen molar-refractivity contribution in [2.75, 3.05) is 25.5 Å². The number of pyridine rings is 1. The molecule has 2 unspecified atom stereocenters. The Bertz CT molecular complexity index is 2510. The van der Waals surface area contributed by atoms with Crippen LogP contribution in [0.3, 0.4) is 0 Å². The summed E-state index contributed by atoms with van der Waals surface area (Å²) in [5, 5.41) is 7.20. The Morgan fingerprint density at radius 2 is 1.59 bits per heavy atom. The summed E-state index contributed by atoms with van der Waals surface area (Å²) < 4.78 is 40.5. The van der Waals surface area contributed by atoms with Crippen LogP contribution in [0.5, 0.6) is 5.75 Å². The van der Waals surface area contributed by atoms with E-state index >= 15 is 0 Å². The highest BCUT2D eigenvalue weighted by atomic mass is 32.2. The Morgan fingerprint density at radius 1 is 0.881 bits per heavy atom. The number of anilines is 1. The normalized spacial score (nSPS) is 18.5. The van der Waals surface area contributed by atoms with Gasteiger partial charge < -0.3 is 30.0 Å². The monoisotopic (exact) mass is 821 g/mol. The molecule has 7 rings (SSSR count). The predicted molar refractivity (Wildman–Crippen MR) is 225 cm³/mol. The molecule has 2 aromatic heterocycles. The summed E-state index contributed by atoms with van der Waals surface area (Å²) >= 11 is 0. The second-order valence-electron chi connectivity index (χ2n) is 17.0. The highest BCUT2D eigenvalue weighted by Crippen LogP contribution is 2.43. The third kappa shape index (κ3) is 8.07. The lowest BCUT2D eigenvalue weighted by atomic mass is 10.00. The standard InChI is InChI=1S/C44H51N7O7S/c1-42(2,3)49-40(53)50-24-10-12-34(50)38-46-27-33(47-38)29-17-15-28(16-18-29)30-19-20-32-31(26-30)21-23-45-37(32)48-39(52)44(22-11-25-51(44)41(54)58-43(4,5)6)59(55,56)36-14-9-8-13-35(36)57-7/h8-9,13-21,23,26-27,34H,10-12,22,24-25H2,1-7H3,(H,46,47)(H,49,53)(H,45,48,52). The minimum absolute atomic E-state index is 0.0150. The van der Waals surface area contributed by atoms with Gasteiger partial charge in [-0.05, 0) is 114 Å². The minimum Gasteiger partial charge on any atom is -0.495 e. The van der Waals surface area contributed by atoms with Gasteiger partial charge in [-0.1, -0.05) is 48.5 Å². The molecular formula is C44H51N7O7S. The van der Waals surface area contributed by atoms with Crippen LogP contribution >= 0.6 is 0 Å². The molecule has 2 aliphatic rings. The summed E-state index contributed by atoms with van der Waals surface area (Å²) in [6.07, 6.45) is 4.23. The molecule has 3 N–H and O–H groups in total. The maximum absolute atomic E-state index is 14.7. The van der Waals surface area contributed by atoms with E-state index in [2.05, 4.69) is 25.6 Å². The molecule has 2 fully saturated rings. The van der Waals surface area contributed by atoms with E-state index in [1.165, 1.54) is 19.2 Å². The maximum atomic E-state index is 14.7. The van der Waals surface area contributed by atoms with E-state index in [1.54, 1.807) is 45.3 Å². The summed E-state index contributed by atoms with van der Waals surface area (Å²) in [5.74, 6) is 0.0197. The van der Waals surface area contributed by atoms with Crippen LogP contribution in [0, 0.1) is 0 Å². The van der Waals surface area contributed by atoms with E-state index in [4.69, 9.17) is 9.47 Å². The SMILES string of the molecule is COc1ccccc1S(=O)(=O)C1(C(=O)Nc2nccc3cc(-c4ccc(-c5cnc(C6CCCN6C(=O)NC(C)(C)C)[nH]5)cc4)ccc23)CCCN1C(=O)OC(C)(C)C. The average molecular weight is 822 g/mol. The molecule has 2 saturated heterocycles. The molecule has 310 valence electrons. The van der Waals surface area contributed by atoms with E-state index < -0.39 is 32.3 Å². The molecule has 0 aliphatic carbocycles. The average Bonchev–Trinajstić information content (AvgIpc) is 3.97. The Hall–Kier alpha value is -5.96. The number of carbonyl (C=O) groups is 3. The second kappa shape index (κ2) is 15.7. The number of imidazole rings is 1. The van der Waals surface area contributed by atoms with Crippen LogP contribution in [0.15, 0.2) is 90.1 Å². The zero-order valence-corrected chi connectivity index (χ0v) is 35.3. The molecular weight excluding hydrogens is 771 g/mol. The summed E-state index contributed by atoms with van der Waals surface area (Å²) in [5.41, 5.74) is 2.35. The summed E-state index contributed by atoms with van der Waals surface area (Å²) in [6.45, 7) is 11.6. The molecule has 59 heavy (non-hydrogen) atoms. The third-order valence-corrected chi connectivity index (χ3v) is 13.0. The number of aromatic amines is 1. The first kappa shape index (κ1) is 41.2. The van der Waals surface area contributed by atoms with Gasteiger partial charge in [0.25, 0.3) is 5.91 Å². The van der Waals surface area contributed by atoms with Crippen LogP contribution in [0.2, 0.25) is 0 Å². The van der Waals surface area contributed by atoms with Crippen molar-refractivity contribution in [2.24, 2.45) is 0 Å². The molecule has 14 nitrogen and oxygen atoms in total. The van der Waals surface area contributed by atoms with Gasteiger partial charge >= 0.3 is 12.1 Å². The molecule has 0 bridgehead atoms. The number of methoxy groups -OCH3 is 1. The van der Waals surface area contributed by atoms with Gasteiger partial charge in [-0.25, -0.2) is 28.0 Å². The summed E-state index contributed by atoms with van der Waals surface area (Å²) in [7, 11) is -3.26. The van der Waals surface area contributed by atoms with Gasteiger partial charge in [-0.3, -0.25) is 9.69 Å². The van der Waals surface area contributed by atoms with Crippen LogP contribution in [0.25, 0.3) is 33.2 Å². The van der Waals surface area contributed by atoms with Gasteiger partial charge in [0.05, 0.1) is 25.0 Å². The molecule has 4 heterocycles. The van der Waals surface area contributed by atoms with Gasteiger partial charge in [0.1, 0.15) is 27.9 Å². The number of likely N-dealkylation sites (tertiary alicyclic amines) is 2. The van der Waals surface area contributed by atoms with E-state index in [0.29, 0.717) is 11.9 Å². The number of carbonyl (C=O) groups excluding carboxylic acids is 3. The van der Waals surface area contributed by atoms with Gasteiger partial charge in [0.15, 0.2) is 0 Å². The molecule has 2 atom stereocenters. The van der Waals surface area contributed by atoms with Crippen molar-refractivity contribution < 1.29 is 32.3 Å². The number of sulfone groups is 1. The number of hydrogen-bond donors (Lipinski definition) is 3. The predicted octanol–water partition coefficient (Wildman–Crippen LogP) is 8.09. The number of benzene rings is 3. The van der Waals surface area contributed by atoms with Crippen LogP contribution in [-0.4, -0.2) is 87.4 Å². The zero-order valence-electron chi connectivity index (χ0n) is 34.5. The maximum Gasteiger partial charge on any atom is 0.412 e. The van der Waals surface area contributed by atoms with Crippen molar-refractivity contribution in [3.05, 3.63) is 91.0 Å². The molecule has 4 amide bonds. The fourth-order valence-corrected chi connectivity index (χ4v) is 10.1. The smallest absolute Gasteiger partial charge is 0.412 e. The number of rotatable bonds is 8. The highest BCUT2D eigenvalue weighted by Gasteiger charge is 2.61. The first-order valence-electron chi connectivity index (χ1n) is 19.7. The molecule has 2 aliphatic heterocycles. The van der Waals surface area contributed by atoms with Gasteiger partial charge in [0.2, 0.25) is 14.7 Å². The number of aromatic nitrogens is 3. The lowest BCUT2D eigenvalue weighted by molar-refractivity contribution is -0.122. The van der Waals surface area contributed by atoms with Crippen molar-refractivity contribution >= 4 is 44.5 Å². The molecule has 0 saturated carbocycles. The number of H-pyrrole nitrogens is 1. The molecule has 5 aromatic rings. The second-order valence-corrected chi connectivity index (χ2v) is 19.1. The van der Waals surface area contributed by atoms with Crippen LogP contribution in [0.4, 0.5) is 15.4 Å². The number of para-hydroxylation sites is 1. The Labute approximate surface area is 344 Å². The van der Waals surface area contributed by atoms with Crippen molar-refractivity contribution in [2.45, 2.75) is 94.2 Å².